The van der Waals surface area contributed by atoms with Crippen LogP contribution in [-0.2, 0) is 4.74 Å². The van der Waals surface area contributed by atoms with Crippen LogP contribution in [0.4, 0.5) is 5.69 Å². The van der Waals surface area contributed by atoms with E-state index < -0.39 is 0 Å². The Kier molecular flexibility index (Phi) is 3.32. The molecule has 4 heteroatoms. The minimum Gasteiger partial charge on any atom is -0.508 e. The van der Waals surface area contributed by atoms with Crippen molar-refractivity contribution in [1.82, 2.24) is 0 Å². The molecule has 1 atom stereocenters. The summed E-state index contributed by atoms with van der Waals surface area (Å²) in [6, 6.07) is 15.1. The van der Waals surface area contributed by atoms with Gasteiger partial charge in [0.2, 0.25) is 0 Å². The lowest BCUT2D eigenvalue weighted by molar-refractivity contribution is 0.194. The number of aromatic hydroxyl groups is 1. The molecule has 0 radical (unpaired) electrons. The van der Waals surface area contributed by atoms with Crippen molar-refractivity contribution in [3.63, 3.8) is 0 Å². The van der Waals surface area contributed by atoms with E-state index in [4.69, 9.17) is 16.3 Å². The number of anilines is 1. The molecule has 1 unspecified atom stereocenters. The summed E-state index contributed by atoms with van der Waals surface area (Å²) in [5.74, 6) is 0.278. The smallest absolute Gasteiger partial charge is 0.119 e. The average molecular weight is 276 g/mol. The largest absolute Gasteiger partial charge is 0.508 e. The molecule has 1 aliphatic rings. The van der Waals surface area contributed by atoms with E-state index in [1.54, 1.807) is 12.1 Å². The second-order valence-electron chi connectivity index (χ2n) is 4.56. The summed E-state index contributed by atoms with van der Waals surface area (Å²) in [5.41, 5.74) is 2.11. The molecule has 0 amide bonds. The highest BCUT2D eigenvalue weighted by molar-refractivity contribution is 6.30. The van der Waals surface area contributed by atoms with Gasteiger partial charge in [-0.1, -0.05) is 23.7 Å². The molecular formula is C15H14ClNO2. The summed E-state index contributed by atoms with van der Waals surface area (Å²) >= 11 is 5.91. The molecule has 0 bridgehead atoms. The molecule has 0 aliphatic carbocycles. The minimum atomic E-state index is 0.119. The van der Waals surface area contributed by atoms with Gasteiger partial charge in [-0.25, -0.2) is 0 Å². The fourth-order valence-corrected chi connectivity index (χ4v) is 2.46. The summed E-state index contributed by atoms with van der Waals surface area (Å²) < 4.78 is 5.56. The van der Waals surface area contributed by atoms with Gasteiger partial charge < -0.3 is 14.7 Å². The highest BCUT2D eigenvalue weighted by atomic mass is 35.5. The van der Waals surface area contributed by atoms with Gasteiger partial charge in [0.25, 0.3) is 0 Å². The molecular weight excluding hydrogens is 262 g/mol. The average Bonchev–Trinajstić information content (AvgIpc) is 2.89. The predicted molar refractivity (Wildman–Crippen MR) is 75.6 cm³/mol. The van der Waals surface area contributed by atoms with E-state index in [0.29, 0.717) is 13.3 Å². The summed E-state index contributed by atoms with van der Waals surface area (Å²) in [6.45, 7) is 1.16. The Balaban J connectivity index is 1.91. The molecule has 3 rings (SSSR count). The Morgan fingerprint density at radius 3 is 2.68 bits per heavy atom. The van der Waals surface area contributed by atoms with Gasteiger partial charge in [0.15, 0.2) is 0 Å². The first-order chi connectivity index (χ1) is 9.24. The second kappa shape index (κ2) is 5.11. The highest BCUT2D eigenvalue weighted by Crippen LogP contribution is 2.33. The number of phenolic OH excluding ortho intramolecular Hbond substituents is 1. The van der Waals surface area contributed by atoms with E-state index in [1.807, 2.05) is 36.4 Å². The topological polar surface area (TPSA) is 32.7 Å². The molecule has 0 saturated carbocycles. The maximum atomic E-state index is 9.59. The number of benzene rings is 2. The van der Waals surface area contributed by atoms with Gasteiger partial charge in [0, 0.05) is 10.7 Å². The van der Waals surface area contributed by atoms with E-state index in [9.17, 15) is 5.11 Å². The van der Waals surface area contributed by atoms with Crippen molar-refractivity contribution in [1.29, 1.82) is 0 Å². The van der Waals surface area contributed by atoms with Gasteiger partial charge >= 0.3 is 0 Å². The molecule has 1 aliphatic heterocycles. The van der Waals surface area contributed by atoms with Crippen molar-refractivity contribution < 1.29 is 9.84 Å². The van der Waals surface area contributed by atoms with E-state index in [2.05, 4.69) is 4.90 Å². The highest BCUT2D eigenvalue weighted by Gasteiger charge is 2.27. The van der Waals surface area contributed by atoms with Gasteiger partial charge in [0.1, 0.15) is 12.5 Å². The van der Waals surface area contributed by atoms with Crippen LogP contribution in [0.25, 0.3) is 0 Å². The Hall–Kier alpha value is -1.71. The first-order valence-corrected chi connectivity index (χ1v) is 6.51. The SMILES string of the molecule is Oc1cccc(C2COCN2c2ccc(Cl)cc2)c1. The monoisotopic (exact) mass is 275 g/mol. The summed E-state index contributed by atoms with van der Waals surface area (Å²) in [5, 5.41) is 10.3. The van der Waals surface area contributed by atoms with Gasteiger partial charge in [0.05, 0.1) is 12.6 Å². The normalized spacial score (nSPS) is 18.8. The van der Waals surface area contributed by atoms with Crippen LogP contribution in [0.2, 0.25) is 5.02 Å². The molecule has 2 aromatic rings. The lowest BCUT2D eigenvalue weighted by Crippen LogP contribution is -2.23. The zero-order chi connectivity index (χ0) is 13.2. The fraction of sp³-hybridized carbons (Fsp3) is 0.200. The third kappa shape index (κ3) is 2.53. The molecule has 19 heavy (non-hydrogen) atoms. The quantitative estimate of drug-likeness (QED) is 0.909. The molecule has 0 aromatic heterocycles. The maximum Gasteiger partial charge on any atom is 0.119 e. The molecule has 1 saturated heterocycles. The Morgan fingerprint density at radius 2 is 1.95 bits per heavy atom. The first-order valence-electron chi connectivity index (χ1n) is 6.13. The van der Waals surface area contributed by atoms with Crippen molar-refractivity contribution in [3.05, 3.63) is 59.1 Å². The van der Waals surface area contributed by atoms with Crippen molar-refractivity contribution in [3.8, 4) is 5.75 Å². The zero-order valence-corrected chi connectivity index (χ0v) is 11.0. The van der Waals surface area contributed by atoms with Crippen LogP contribution in [0, 0.1) is 0 Å². The molecule has 98 valence electrons. The van der Waals surface area contributed by atoms with Crippen LogP contribution in [0.5, 0.6) is 5.75 Å². The summed E-state index contributed by atoms with van der Waals surface area (Å²) in [4.78, 5) is 2.16. The third-order valence-electron chi connectivity index (χ3n) is 3.30. The van der Waals surface area contributed by atoms with Crippen LogP contribution in [0.1, 0.15) is 11.6 Å². The lowest BCUT2D eigenvalue weighted by Gasteiger charge is -2.25. The minimum absolute atomic E-state index is 0.119. The number of phenols is 1. The molecule has 3 nitrogen and oxygen atoms in total. The molecule has 1 heterocycles. The summed E-state index contributed by atoms with van der Waals surface area (Å²) in [6.07, 6.45) is 0. The molecule has 1 fully saturated rings. The number of nitrogens with zero attached hydrogens (tertiary/aromatic N) is 1. The zero-order valence-electron chi connectivity index (χ0n) is 10.3. The van der Waals surface area contributed by atoms with E-state index >= 15 is 0 Å². The lowest BCUT2D eigenvalue weighted by atomic mass is 10.1. The predicted octanol–water partition coefficient (Wildman–Crippen LogP) is 3.58. The Morgan fingerprint density at radius 1 is 1.16 bits per heavy atom. The number of rotatable bonds is 2. The van der Waals surface area contributed by atoms with Crippen molar-refractivity contribution in [2.75, 3.05) is 18.2 Å². The van der Waals surface area contributed by atoms with E-state index in [0.717, 1.165) is 16.3 Å². The van der Waals surface area contributed by atoms with Crippen molar-refractivity contribution in [2.45, 2.75) is 6.04 Å². The van der Waals surface area contributed by atoms with Crippen LogP contribution < -0.4 is 4.90 Å². The van der Waals surface area contributed by atoms with E-state index in [-0.39, 0.29) is 11.8 Å². The summed E-state index contributed by atoms with van der Waals surface area (Å²) in [7, 11) is 0. The van der Waals surface area contributed by atoms with E-state index in [1.165, 1.54) is 0 Å². The number of hydrogen-bond donors (Lipinski definition) is 1. The Bertz CT molecular complexity index is 571. The number of ether oxygens (including phenoxy) is 1. The van der Waals surface area contributed by atoms with Crippen LogP contribution in [0.3, 0.4) is 0 Å². The van der Waals surface area contributed by atoms with Gasteiger partial charge in [-0.3, -0.25) is 0 Å². The molecule has 0 spiro atoms. The number of hydrogen-bond acceptors (Lipinski definition) is 3. The fourth-order valence-electron chi connectivity index (χ4n) is 2.34. The van der Waals surface area contributed by atoms with Crippen molar-refractivity contribution >= 4 is 17.3 Å². The third-order valence-corrected chi connectivity index (χ3v) is 3.55. The molecule has 2 aromatic carbocycles. The van der Waals surface area contributed by atoms with Crippen LogP contribution >= 0.6 is 11.6 Å². The van der Waals surface area contributed by atoms with Gasteiger partial charge in [-0.05, 0) is 42.0 Å². The maximum absolute atomic E-state index is 9.59. The van der Waals surface area contributed by atoms with Gasteiger partial charge in [-0.2, -0.15) is 0 Å². The van der Waals surface area contributed by atoms with Crippen molar-refractivity contribution in [2.24, 2.45) is 0 Å². The Labute approximate surface area is 117 Å². The number of halogens is 1. The van der Waals surface area contributed by atoms with Gasteiger partial charge in [-0.15, -0.1) is 0 Å². The second-order valence-corrected chi connectivity index (χ2v) is 4.99. The molecule has 1 N–H and O–H groups in total. The van der Waals surface area contributed by atoms with Crippen LogP contribution in [0.15, 0.2) is 48.5 Å². The van der Waals surface area contributed by atoms with Crippen LogP contribution in [-0.4, -0.2) is 18.4 Å². The first kappa shape index (κ1) is 12.3. The standard InChI is InChI=1S/C15H14ClNO2/c16-12-4-6-13(7-5-12)17-10-19-9-15(17)11-2-1-3-14(18)8-11/h1-8,15,18H,9-10H2.